The standard InChI is InChI=1S/C15H27N3O2S/c1-9(2)13-7-6-10(3)8-14(13)18-21(19,20)15-11(4)16-17-12(15)5/h9-10,13-14,18H,6-8H2,1-5H3,(H,16,17). The number of rotatable bonds is 4. The van der Waals surface area contributed by atoms with Crippen LogP contribution in [0.15, 0.2) is 4.90 Å². The largest absolute Gasteiger partial charge is 0.281 e. The highest BCUT2D eigenvalue weighted by atomic mass is 32.2. The van der Waals surface area contributed by atoms with Crippen LogP contribution < -0.4 is 4.72 Å². The molecule has 1 aliphatic carbocycles. The highest BCUT2D eigenvalue weighted by Crippen LogP contribution is 2.34. The van der Waals surface area contributed by atoms with Gasteiger partial charge in [0.15, 0.2) is 0 Å². The van der Waals surface area contributed by atoms with Crippen LogP contribution in [-0.2, 0) is 10.0 Å². The zero-order valence-corrected chi connectivity index (χ0v) is 14.4. The molecule has 1 aromatic heterocycles. The lowest BCUT2D eigenvalue weighted by molar-refractivity contribution is 0.188. The van der Waals surface area contributed by atoms with E-state index in [1.54, 1.807) is 13.8 Å². The van der Waals surface area contributed by atoms with Gasteiger partial charge in [0.2, 0.25) is 10.0 Å². The molecule has 1 heterocycles. The van der Waals surface area contributed by atoms with Gasteiger partial charge in [-0.25, -0.2) is 13.1 Å². The van der Waals surface area contributed by atoms with E-state index in [2.05, 4.69) is 35.7 Å². The Balaban J connectivity index is 2.25. The molecule has 1 aromatic rings. The van der Waals surface area contributed by atoms with Gasteiger partial charge in [0.1, 0.15) is 4.90 Å². The summed E-state index contributed by atoms with van der Waals surface area (Å²) in [5.41, 5.74) is 1.13. The third-order valence-electron chi connectivity index (χ3n) is 4.66. The molecule has 6 heteroatoms. The Hall–Kier alpha value is -0.880. The van der Waals surface area contributed by atoms with E-state index in [9.17, 15) is 8.42 Å². The van der Waals surface area contributed by atoms with E-state index in [4.69, 9.17) is 0 Å². The van der Waals surface area contributed by atoms with E-state index in [0.29, 0.717) is 34.0 Å². The Kier molecular flexibility index (Phi) is 4.78. The van der Waals surface area contributed by atoms with Gasteiger partial charge in [0.05, 0.1) is 11.4 Å². The van der Waals surface area contributed by atoms with Crippen LogP contribution in [0.3, 0.4) is 0 Å². The van der Waals surface area contributed by atoms with Crippen molar-refractivity contribution >= 4 is 10.0 Å². The zero-order chi connectivity index (χ0) is 15.8. The fourth-order valence-electron chi connectivity index (χ4n) is 3.53. The van der Waals surface area contributed by atoms with Crippen LogP contribution >= 0.6 is 0 Å². The first-order valence-electron chi connectivity index (χ1n) is 7.76. The number of nitrogens with one attached hydrogen (secondary N) is 2. The Morgan fingerprint density at radius 2 is 1.95 bits per heavy atom. The summed E-state index contributed by atoms with van der Waals surface area (Å²) in [7, 11) is -3.51. The average molecular weight is 313 g/mol. The SMILES string of the molecule is Cc1n[nH]c(C)c1S(=O)(=O)NC1CC(C)CCC1C(C)C. The summed E-state index contributed by atoms with van der Waals surface area (Å²) >= 11 is 0. The minimum absolute atomic E-state index is 0.0208. The topological polar surface area (TPSA) is 74.8 Å². The number of hydrogen-bond donors (Lipinski definition) is 2. The fourth-order valence-corrected chi connectivity index (χ4v) is 5.20. The minimum Gasteiger partial charge on any atom is -0.281 e. The predicted octanol–water partition coefficient (Wildman–Crippen LogP) is 2.77. The van der Waals surface area contributed by atoms with E-state index in [0.717, 1.165) is 12.8 Å². The molecule has 3 atom stereocenters. The molecule has 0 radical (unpaired) electrons. The van der Waals surface area contributed by atoms with Gasteiger partial charge in [-0.15, -0.1) is 0 Å². The Bertz CT molecular complexity index is 573. The van der Waals surface area contributed by atoms with Gasteiger partial charge in [0, 0.05) is 6.04 Å². The van der Waals surface area contributed by atoms with Crippen LogP contribution in [0, 0.1) is 31.6 Å². The van der Waals surface area contributed by atoms with Crippen molar-refractivity contribution in [3.63, 3.8) is 0 Å². The van der Waals surface area contributed by atoms with Crippen molar-refractivity contribution in [2.24, 2.45) is 17.8 Å². The highest BCUT2D eigenvalue weighted by molar-refractivity contribution is 7.89. The summed E-state index contributed by atoms with van der Waals surface area (Å²) in [5.74, 6) is 1.46. The van der Waals surface area contributed by atoms with Gasteiger partial charge in [-0.1, -0.05) is 27.2 Å². The number of nitrogens with zero attached hydrogens (tertiary/aromatic N) is 1. The monoisotopic (exact) mass is 313 g/mol. The lowest BCUT2D eigenvalue weighted by Crippen LogP contribution is -2.45. The molecule has 2 rings (SSSR count). The molecular formula is C15H27N3O2S. The fraction of sp³-hybridized carbons (Fsp3) is 0.800. The molecule has 21 heavy (non-hydrogen) atoms. The summed E-state index contributed by atoms with van der Waals surface area (Å²) in [5, 5.41) is 6.75. The van der Waals surface area contributed by atoms with E-state index < -0.39 is 10.0 Å². The molecule has 0 amide bonds. The van der Waals surface area contributed by atoms with Crippen LogP contribution in [0.4, 0.5) is 0 Å². The zero-order valence-electron chi connectivity index (χ0n) is 13.6. The number of aryl methyl sites for hydroxylation is 2. The van der Waals surface area contributed by atoms with E-state index in [1.165, 1.54) is 6.42 Å². The summed E-state index contributed by atoms with van der Waals surface area (Å²) in [4.78, 5) is 0.309. The van der Waals surface area contributed by atoms with Crippen molar-refractivity contribution in [1.82, 2.24) is 14.9 Å². The summed E-state index contributed by atoms with van der Waals surface area (Å²) in [6, 6.07) is 0.0208. The molecule has 3 unspecified atom stereocenters. The van der Waals surface area contributed by atoms with Crippen LogP contribution in [0.2, 0.25) is 0 Å². The molecule has 1 aliphatic rings. The van der Waals surface area contributed by atoms with Crippen molar-refractivity contribution < 1.29 is 8.42 Å². The Labute approximate surface area is 128 Å². The van der Waals surface area contributed by atoms with Crippen molar-refractivity contribution in [3.05, 3.63) is 11.4 Å². The molecular weight excluding hydrogens is 286 g/mol. The maximum Gasteiger partial charge on any atom is 0.244 e. The quantitative estimate of drug-likeness (QED) is 0.897. The second-order valence-corrected chi connectivity index (χ2v) is 8.47. The second kappa shape index (κ2) is 6.08. The maximum atomic E-state index is 12.7. The molecule has 120 valence electrons. The van der Waals surface area contributed by atoms with E-state index >= 15 is 0 Å². The lowest BCUT2D eigenvalue weighted by Gasteiger charge is -2.37. The maximum absolute atomic E-state index is 12.7. The van der Waals surface area contributed by atoms with E-state index in [1.807, 2.05) is 0 Å². The van der Waals surface area contributed by atoms with Crippen LogP contribution in [-0.4, -0.2) is 24.7 Å². The van der Waals surface area contributed by atoms with Crippen LogP contribution in [0.25, 0.3) is 0 Å². The summed E-state index contributed by atoms with van der Waals surface area (Å²) in [6.07, 6.45) is 3.19. The van der Waals surface area contributed by atoms with Gasteiger partial charge < -0.3 is 0 Å². The third-order valence-corrected chi connectivity index (χ3v) is 6.41. The molecule has 5 nitrogen and oxygen atoms in total. The number of aromatic amines is 1. The number of aromatic nitrogens is 2. The molecule has 2 N–H and O–H groups in total. The summed E-state index contributed by atoms with van der Waals surface area (Å²) < 4.78 is 28.4. The number of H-pyrrole nitrogens is 1. The molecule has 0 aromatic carbocycles. The molecule has 0 aliphatic heterocycles. The smallest absolute Gasteiger partial charge is 0.244 e. The first-order valence-corrected chi connectivity index (χ1v) is 9.24. The van der Waals surface area contributed by atoms with Gasteiger partial charge in [-0.3, -0.25) is 5.10 Å². The number of sulfonamides is 1. The molecule has 1 saturated carbocycles. The van der Waals surface area contributed by atoms with Gasteiger partial charge in [-0.05, 0) is 44.4 Å². The Morgan fingerprint density at radius 1 is 1.29 bits per heavy atom. The van der Waals surface area contributed by atoms with Crippen LogP contribution in [0.5, 0.6) is 0 Å². The number of hydrogen-bond acceptors (Lipinski definition) is 3. The van der Waals surface area contributed by atoms with E-state index in [-0.39, 0.29) is 6.04 Å². The second-order valence-electron chi connectivity index (χ2n) is 6.82. The first-order chi connectivity index (χ1) is 9.72. The van der Waals surface area contributed by atoms with Gasteiger partial charge in [-0.2, -0.15) is 5.10 Å². The third kappa shape index (κ3) is 3.48. The molecule has 0 spiro atoms. The molecule has 0 bridgehead atoms. The Morgan fingerprint density at radius 3 is 2.48 bits per heavy atom. The highest BCUT2D eigenvalue weighted by Gasteiger charge is 2.35. The van der Waals surface area contributed by atoms with Crippen LogP contribution in [0.1, 0.15) is 51.4 Å². The predicted molar refractivity (Wildman–Crippen MR) is 83.5 cm³/mol. The van der Waals surface area contributed by atoms with Gasteiger partial charge in [0.25, 0.3) is 0 Å². The molecule has 0 saturated heterocycles. The lowest BCUT2D eigenvalue weighted by atomic mass is 9.74. The normalized spacial score (nSPS) is 27.2. The van der Waals surface area contributed by atoms with Crippen molar-refractivity contribution in [2.75, 3.05) is 0 Å². The van der Waals surface area contributed by atoms with Gasteiger partial charge >= 0.3 is 0 Å². The molecule has 1 fully saturated rings. The van der Waals surface area contributed by atoms with Crippen molar-refractivity contribution in [3.8, 4) is 0 Å². The van der Waals surface area contributed by atoms with Crippen molar-refractivity contribution in [2.45, 2.75) is 64.8 Å². The summed E-state index contributed by atoms with van der Waals surface area (Å²) in [6.45, 7) is 10.0. The minimum atomic E-state index is -3.51. The van der Waals surface area contributed by atoms with Crippen molar-refractivity contribution in [1.29, 1.82) is 0 Å². The first kappa shape index (κ1) is 16.5. The average Bonchev–Trinajstić information content (AvgIpc) is 2.68.